The van der Waals surface area contributed by atoms with Crippen LogP contribution in [0.4, 0.5) is 20.3 Å². The normalized spacial score (nSPS) is 16.2. The Kier molecular flexibility index (Phi) is 7.90. The molecule has 7 nitrogen and oxygen atoms in total. The number of benzene rings is 2. The Bertz CT molecular complexity index is 1260. The molecule has 1 aliphatic rings. The number of rotatable bonds is 9. The second kappa shape index (κ2) is 11.1. The summed E-state index contributed by atoms with van der Waals surface area (Å²) in [6.45, 7) is 1.33. The maximum absolute atomic E-state index is 14.5. The summed E-state index contributed by atoms with van der Waals surface area (Å²) in [6, 6.07) is 7.64. The van der Waals surface area contributed by atoms with Gasteiger partial charge in [0.15, 0.2) is 11.6 Å². The van der Waals surface area contributed by atoms with Crippen molar-refractivity contribution < 1.29 is 23.0 Å². The number of carbonyl (C=O) groups is 1. The number of halogens is 3. The standard InChI is InChI=1S/C25H25ClF2N4O3/c1-32(2)7-5-21(28)23(33)10-15-9-18-22(12-24(15)35-17-6-8-34-13-17)29-14-30-25(18)31-16-3-4-20(27)19(26)11-16/h3-5,9,11-12,14,17H,6-8,10,13H2,1-2H3,(H,29,30,31)/t17-/m0/s1. The molecule has 1 N–H and O–H groups in total. The lowest BCUT2D eigenvalue weighted by Crippen LogP contribution is -2.18. The number of hydrogen-bond acceptors (Lipinski definition) is 7. The number of fused-ring (bicyclic) bond motifs is 1. The highest BCUT2D eigenvalue weighted by Gasteiger charge is 2.22. The van der Waals surface area contributed by atoms with Crippen LogP contribution in [-0.2, 0) is 16.0 Å². The van der Waals surface area contributed by atoms with Gasteiger partial charge in [0.05, 0.1) is 23.8 Å². The predicted molar refractivity (Wildman–Crippen MR) is 131 cm³/mol. The second-order valence-corrected chi connectivity index (χ2v) is 8.88. The fourth-order valence-electron chi connectivity index (χ4n) is 3.61. The number of carbonyl (C=O) groups excluding carboxylic acids is 1. The van der Waals surface area contributed by atoms with Crippen molar-refractivity contribution in [1.82, 2.24) is 14.9 Å². The van der Waals surface area contributed by atoms with Crippen LogP contribution in [0.5, 0.6) is 5.75 Å². The number of hydrogen-bond donors (Lipinski definition) is 1. The molecule has 3 aromatic rings. The molecule has 1 aromatic heterocycles. The molecule has 1 atom stereocenters. The molecule has 0 radical (unpaired) electrons. The van der Waals surface area contributed by atoms with Gasteiger partial charge in [-0.2, -0.15) is 0 Å². The molecule has 10 heteroatoms. The SMILES string of the molecule is CN(C)CC=C(F)C(=O)Cc1cc2c(Nc3ccc(F)c(Cl)c3)ncnc2cc1O[C@H]1CCOC1. The maximum Gasteiger partial charge on any atom is 0.195 e. The van der Waals surface area contributed by atoms with E-state index in [1.807, 2.05) is 0 Å². The number of likely N-dealkylation sites (N-methyl/N-ethyl adjacent to an activating group) is 1. The number of anilines is 2. The lowest BCUT2D eigenvalue weighted by molar-refractivity contribution is -0.116. The van der Waals surface area contributed by atoms with Crippen molar-refractivity contribution in [2.24, 2.45) is 0 Å². The minimum Gasteiger partial charge on any atom is -0.488 e. The third kappa shape index (κ3) is 6.30. The lowest BCUT2D eigenvalue weighted by Gasteiger charge is -2.17. The van der Waals surface area contributed by atoms with E-state index in [1.54, 1.807) is 31.1 Å². The molecule has 0 bridgehead atoms. The van der Waals surface area contributed by atoms with Crippen molar-refractivity contribution in [3.63, 3.8) is 0 Å². The molecule has 2 aromatic carbocycles. The fourth-order valence-corrected chi connectivity index (χ4v) is 3.79. The van der Waals surface area contributed by atoms with Crippen LogP contribution in [0.1, 0.15) is 12.0 Å². The molecule has 35 heavy (non-hydrogen) atoms. The van der Waals surface area contributed by atoms with Gasteiger partial charge in [-0.25, -0.2) is 18.7 Å². The topological polar surface area (TPSA) is 76.6 Å². The third-order valence-corrected chi connectivity index (χ3v) is 5.72. The first-order valence-corrected chi connectivity index (χ1v) is 11.5. The van der Waals surface area contributed by atoms with Crippen LogP contribution < -0.4 is 10.1 Å². The minimum absolute atomic E-state index is 0.0332. The number of nitrogens with one attached hydrogen (secondary N) is 1. The van der Waals surface area contributed by atoms with E-state index in [4.69, 9.17) is 21.1 Å². The quantitative estimate of drug-likeness (QED) is 0.419. The number of allylic oxidation sites excluding steroid dienone is 1. The highest BCUT2D eigenvalue weighted by molar-refractivity contribution is 6.31. The van der Waals surface area contributed by atoms with Crippen LogP contribution >= 0.6 is 11.6 Å². The predicted octanol–water partition coefficient (Wildman–Crippen LogP) is 4.86. The Hall–Kier alpha value is -3.14. The van der Waals surface area contributed by atoms with E-state index in [2.05, 4.69) is 15.3 Å². The Morgan fingerprint density at radius 3 is 2.86 bits per heavy atom. The van der Waals surface area contributed by atoms with E-state index in [9.17, 15) is 13.6 Å². The lowest BCUT2D eigenvalue weighted by atomic mass is 10.0. The molecule has 1 fully saturated rings. The number of nitrogens with zero attached hydrogens (tertiary/aromatic N) is 3. The van der Waals surface area contributed by atoms with Crippen LogP contribution in [-0.4, -0.2) is 60.6 Å². The number of Topliss-reactive ketones (excluding diaryl/α,β-unsaturated/α-hetero) is 1. The zero-order valence-electron chi connectivity index (χ0n) is 19.4. The smallest absolute Gasteiger partial charge is 0.195 e. The van der Waals surface area contributed by atoms with Crippen molar-refractivity contribution in [2.45, 2.75) is 18.9 Å². The van der Waals surface area contributed by atoms with Crippen LogP contribution in [0.15, 0.2) is 48.6 Å². The minimum atomic E-state index is -0.808. The second-order valence-electron chi connectivity index (χ2n) is 8.47. The van der Waals surface area contributed by atoms with Crippen LogP contribution in [0.2, 0.25) is 5.02 Å². The van der Waals surface area contributed by atoms with Gasteiger partial charge in [-0.15, -0.1) is 0 Å². The van der Waals surface area contributed by atoms with Crippen molar-refractivity contribution in [3.8, 4) is 5.75 Å². The Morgan fingerprint density at radius 1 is 1.31 bits per heavy atom. The van der Waals surface area contributed by atoms with Crippen molar-refractivity contribution in [3.05, 3.63) is 65.0 Å². The Morgan fingerprint density at radius 2 is 2.14 bits per heavy atom. The maximum atomic E-state index is 14.5. The van der Waals surface area contributed by atoms with E-state index < -0.39 is 17.4 Å². The molecule has 0 spiro atoms. The van der Waals surface area contributed by atoms with Gasteiger partial charge < -0.3 is 19.7 Å². The van der Waals surface area contributed by atoms with Gasteiger partial charge in [-0.05, 0) is 44.4 Å². The monoisotopic (exact) mass is 502 g/mol. The van der Waals surface area contributed by atoms with E-state index >= 15 is 0 Å². The summed E-state index contributed by atoms with van der Waals surface area (Å²) in [4.78, 5) is 23.0. The molecule has 1 aliphatic heterocycles. The highest BCUT2D eigenvalue weighted by Crippen LogP contribution is 2.32. The van der Waals surface area contributed by atoms with E-state index in [-0.39, 0.29) is 17.5 Å². The van der Waals surface area contributed by atoms with Gasteiger partial charge in [0.2, 0.25) is 0 Å². The summed E-state index contributed by atoms with van der Waals surface area (Å²) in [6.07, 6.45) is 2.97. The Labute approximate surface area is 206 Å². The van der Waals surface area contributed by atoms with Gasteiger partial charge in [-0.1, -0.05) is 11.6 Å². The number of ketones is 1. The third-order valence-electron chi connectivity index (χ3n) is 5.43. The van der Waals surface area contributed by atoms with Crippen molar-refractivity contribution in [2.75, 3.05) is 39.2 Å². The summed E-state index contributed by atoms with van der Waals surface area (Å²) in [7, 11) is 3.58. The molecule has 4 rings (SSSR count). The molecule has 2 heterocycles. The molecule has 0 unspecified atom stereocenters. The van der Waals surface area contributed by atoms with Crippen molar-refractivity contribution in [1.29, 1.82) is 0 Å². The molecular weight excluding hydrogens is 478 g/mol. The molecule has 0 aliphatic carbocycles. The zero-order valence-corrected chi connectivity index (χ0v) is 20.1. The summed E-state index contributed by atoms with van der Waals surface area (Å²) >= 11 is 5.90. The van der Waals surface area contributed by atoms with Gasteiger partial charge in [-0.3, -0.25) is 4.79 Å². The molecule has 1 saturated heterocycles. The van der Waals surface area contributed by atoms with E-state index in [0.29, 0.717) is 59.9 Å². The first-order valence-electron chi connectivity index (χ1n) is 11.1. The number of aromatic nitrogens is 2. The Balaban J connectivity index is 1.70. The first-order chi connectivity index (χ1) is 16.8. The van der Waals surface area contributed by atoms with Crippen LogP contribution in [0.25, 0.3) is 10.9 Å². The average molecular weight is 503 g/mol. The van der Waals surface area contributed by atoms with Crippen LogP contribution in [0, 0.1) is 5.82 Å². The summed E-state index contributed by atoms with van der Waals surface area (Å²) in [5.74, 6) is -1.14. The highest BCUT2D eigenvalue weighted by atomic mass is 35.5. The van der Waals surface area contributed by atoms with E-state index in [1.165, 1.54) is 30.6 Å². The zero-order chi connectivity index (χ0) is 24.9. The van der Waals surface area contributed by atoms with Gasteiger partial charge in [0.25, 0.3) is 0 Å². The average Bonchev–Trinajstić information content (AvgIpc) is 3.33. The molecule has 0 saturated carbocycles. The summed E-state index contributed by atoms with van der Waals surface area (Å²) < 4.78 is 39.5. The van der Waals surface area contributed by atoms with Crippen molar-refractivity contribution >= 4 is 39.8 Å². The molecule has 184 valence electrons. The van der Waals surface area contributed by atoms with Gasteiger partial charge >= 0.3 is 0 Å². The fraction of sp³-hybridized carbons (Fsp3) is 0.320. The van der Waals surface area contributed by atoms with Gasteiger partial charge in [0.1, 0.15) is 29.8 Å². The molecular formula is C25H25ClF2N4O3. The first kappa shape index (κ1) is 25.0. The summed E-state index contributed by atoms with van der Waals surface area (Å²) in [5.41, 5.74) is 1.58. The van der Waals surface area contributed by atoms with Gasteiger partial charge in [0, 0.05) is 42.1 Å². The van der Waals surface area contributed by atoms with Crippen LogP contribution in [0.3, 0.4) is 0 Å². The largest absolute Gasteiger partial charge is 0.488 e. The number of ether oxygens (including phenoxy) is 2. The van der Waals surface area contributed by atoms with E-state index in [0.717, 1.165) is 0 Å². The molecule has 0 amide bonds. The summed E-state index contributed by atoms with van der Waals surface area (Å²) in [5, 5.41) is 3.66.